The first-order valence-electron chi connectivity index (χ1n) is 9.51. The average Bonchev–Trinajstić information content (AvgIpc) is 2.70. The normalized spacial score (nSPS) is 16.2. The van der Waals surface area contributed by atoms with Gasteiger partial charge in [-0.2, -0.15) is 0 Å². The van der Waals surface area contributed by atoms with Crippen molar-refractivity contribution in [1.82, 2.24) is 4.90 Å². The van der Waals surface area contributed by atoms with Gasteiger partial charge in [-0.1, -0.05) is 49.4 Å². The van der Waals surface area contributed by atoms with Gasteiger partial charge in [0.25, 0.3) is 0 Å². The van der Waals surface area contributed by atoms with Gasteiger partial charge in [-0.25, -0.2) is 0 Å². The third-order valence-corrected chi connectivity index (χ3v) is 4.97. The van der Waals surface area contributed by atoms with Crippen molar-refractivity contribution in [3.63, 3.8) is 0 Å². The standard InChI is InChI=1S/C22H28N2O2/c1-2-21(19-6-4-3-5-7-19)22(25)23-20-10-8-18(9-11-20)12-13-24-14-16-26-17-15-24/h3-11,21H,2,12-17H2,1H3,(H,23,25). The molecular weight excluding hydrogens is 324 g/mol. The van der Waals surface area contributed by atoms with Crippen molar-refractivity contribution in [3.05, 3.63) is 65.7 Å². The molecule has 0 saturated carbocycles. The van der Waals surface area contributed by atoms with Gasteiger partial charge in [-0.05, 0) is 36.1 Å². The maximum atomic E-state index is 12.6. The van der Waals surface area contributed by atoms with E-state index in [4.69, 9.17) is 4.74 Å². The molecule has 4 heteroatoms. The fraction of sp³-hybridized carbons (Fsp3) is 0.409. The van der Waals surface area contributed by atoms with Gasteiger partial charge in [-0.3, -0.25) is 9.69 Å². The Balaban J connectivity index is 1.53. The first kappa shape index (κ1) is 18.6. The Bertz CT molecular complexity index is 679. The molecule has 2 aromatic rings. The van der Waals surface area contributed by atoms with E-state index < -0.39 is 0 Å². The maximum absolute atomic E-state index is 12.6. The van der Waals surface area contributed by atoms with E-state index in [1.54, 1.807) is 0 Å². The Hall–Kier alpha value is -2.17. The van der Waals surface area contributed by atoms with Crippen molar-refractivity contribution in [1.29, 1.82) is 0 Å². The lowest BCUT2D eigenvalue weighted by Crippen LogP contribution is -2.37. The molecule has 1 saturated heterocycles. The van der Waals surface area contributed by atoms with Crippen LogP contribution in [0, 0.1) is 0 Å². The van der Waals surface area contributed by atoms with Crippen LogP contribution < -0.4 is 5.32 Å². The molecule has 0 spiro atoms. The molecule has 26 heavy (non-hydrogen) atoms. The summed E-state index contributed by atoms with van der Waals surface area (Å²) < 4.78 is 5.38. The smallest absolute Gasteiger partial charge is 0.231 e. The van der Waals surface area contributed by atoms with Crippen LogP contribution in [0.4, 0.5) is 5.69 Å². The van der Waals surface area contributed by atoms with Crippen LogP contribution in [0.15, 0.2) is 54.6 Å². The molecule has 1 fully saturated rings. The first-order valence-corrected chi connectivity index (χ1v) is 9.51. The molecular formula is C22H28N2O2. The highest BCUT2D eigenvalue weighted by atomic mass is 16.5. The molecule has 4 nitrogen and oxygen atoms in total. The van der Waals surface area contributed by atoms with Gasteiger partial charge in [0.2, 0.25) is 5.91 Å². The minimum atomic E-state index is -0.114. The summed E-state index contributed by atoms with van der Waals surface area (Å²) in [5, 5.41) is 3.06. The van der Waals surface area contributed by atoms with E-state index in [-0.39, 0.29) is 11.8 Å². The van der Waals surface area contributed by atoms with E-state index in [0.717, 1.165) is 56.9 Å². The molecule has 0 bridgehead atoms. The number of nitrogens with one attached hydrogen (secondary N) is 1. The summed E-state index contributed by atoms with van der Waals surface area (Å²) in [4.78, 5) is 15.1. The zero-order valence-electron chi connectivity index (χ0n) is 15.5. The highest BCUT2D eigenvalue weighted by Gasteiger charge is 2.18. The Kier molecular flexibility index (Phi) is 6.81. The van der Waals surface area contributed by atoms with E-state index in [9.17, 15) is 4.79 Å². The molecule has 1 amide bonds. The number of carbonyl (C=O) groups is 1. The van der Waals surface area contributed by atoms with E-state index >= 15 is 0 Å². The van der Waals surface area contributed by atoms with Gasteiger partial charge >= 0.3 is 0 Å². The quantitative estimate of drug-likeness (QED) is 0.826. The lowest BCUT2D eigenvalue weighted by molar-refractivity contribution is -0.117. The third-order valence-electron chi connectivity index (χ3n) is 4.97. The number of ether oxygens (including phenoxy) is 1. The summed E-state index contributed by atoms with van der Waals surface area (Å²) in [7, 11) is 0. The van der Waals surface area contributed by atoms with Crippen LogP contribution in [0.2, 0.25) is 0 Å². The molecule has 2 aromatic carbocycles. The fourth-order valence-corrected chi connectivity index (χ4v) is 3.35. The summed E-state index contributed by atoms with van der Waals surface area (Å²) in [6.45, 7) is 6.82. The summed E-state index contributed by atoms with van der Waals surface area (Å²) in [6, 6.07) is 18.2. The molecule has 0 radical (unpaired) electrons. The Labute approximate surface area is 156 Å². The van der Waals surface area contributed by atoms with Gasteiger partial charge in [0.1, 0.15) is 0 Å². The Morgan fingerprint density at radius 1 is 1.08 bits per heavy atom. The Morgan fingerprint density at radius 3 is 2.42 bits per heavy atom. The largest absolute Gasteiger partial charge is 0.379 e. The van der Waals surface area contributed by atoms with Crippen molar-refractivity contribution in [3.8, 4) is 0 Å². The molecule has 1 heterocycles. The molecule has 1 atom stereocenters. The number of amides is 1. The van der Waals surface area contributed by atoms with Gasteiger partial charge in [0.05, 0.1) is 19.1 Å². The average molecular weight is 352 g/mol. The van der Waals surface area contributed by atoms with Crippen LogP contribution in [0.1, 0.15) is 30.4 Å². The second-order valence-corrected chi connectivity index (χ2v) is 6.76. The van der Waals surface area contributed by atoms with Crippen LogP contribution in [0.5, 0.6) is 0 Å². The predicted octanol–water partition coefficient (Wildman–Crippen LogP) is 3.69. The van der Waals surface area contributed by atoms with Crippen molar-refractivity contribution in [2.45, 2.75) is 25.7 Å². The SMILES string of the molecule is CCC(C(=O)Nc1ccc(CCN2CCOCC2)cc1)c1ccccc1. The number of benzene rings is 2. The molecule has 1 aliphatic heterocycles. The molecule has 1 N–H and O–H groups in total. The predicted molar refractivity (Wildman–Crippen MR) is 106 cm³/mol. The molecule has 0 aromatic heterocycles. The number of carbonyl (C=O) groups excluding carboxylic acids is 1. The van der Waals surface area contributed by atoms with E-state index in [1.807, 2.05) is 49.4 Å². The topological polar surface area (TPSA) is 41.6 Å². The number of morpholine rings is 1. The number of hydrogen-bond acceptors (Lipinski definition) is 3. The number of hydrogen-bond donors (Lipinski definition) is 1. The molecule has 138 valence electrons. The highest BCUT2D eigenvalue weighted by molar-refractivity contribution is 5.95. The number of nitrogens with zero attached hydrogens (tertiary/aromatic N) is 1. The van der Waals surface area contributed by atoms with Crippen LogP contribution in [-0.4, -0.2) is 43.7 Å². The minimum Gasteiger partial charge on any atom is -0.379 e. The van der Waals surface area contributed by atoms with Crippen molar-refractivity contribution in [2.24, 2.45) is 0 Å². The van der Waals surface area contributed by atoms with E-state index in [1.165, 1.54) is 5.56 Å². The molecule has 0 aliphatic carbocycles. The zero-order valence-corrected chi connectivity index (χ0v) is 15.5. The molecule has 3 rings (SSSR count). The second-order valence-electron chi connectivity index (χ2n) is 6.76. The van der Waals surface area contributed by atoms with Gasteiger partial charge in [-0.15, -0.1) is 0 Å². The van der Waals surface area contributed by atoms with Gasteiger partial charge in [0, 0.05) is 25.3 Å². The van der Waals surface area contributed by atoms with Crippen molar-refractivity contribution >= 4 is 11.6 Å². The van der Waals surface area contributed by atoms with Gasteiger partial charge in [0.15, 0.2) is 0 Å². The Morgan fingerprint density at radius 2 is 1.77 bits per heavy atom. The van der Waals surface area contributed by atoms with Gasteiger partial charge < -0.3 is 10.1 Å². The second kappa shape index (κ2) is 9.51. The van der Waals surface area contributed by atoms with Crippen molar-refractivity contribution < 1.29 is 9.53 Å². The highest BCUT2D eigenvalue weighted by Crippen LogP contribution is 2.21. The third kappa shape index (κ3) is 5.16. The van der Waals surface area contributed by atoms with Crippen LogP contribution in [0.25, 0.3) is 0 Å². The summed E-state index contributed by atoms with van der Waals surface area (Å²) in [5.41, 5.74) is 3.22. The monoisotopic (exact) mass is 352 g/mol. The molecule has 1 unspecified atom stereocenters. The number of anilines is 1. The summed E-state index contributed by atoms with van der Waals surface area (Å²) in [6.07, 6.45) is 1.81. The van der Waals surface area contributed by atoms with Crippen LogP contribution in [0.3, 0.4) is 0 Å². The minimum absolute atomic E-state index is 0.0553. The fourth-order valence-electron chi connectivity index (χ4n) is 3.35. The van der Waals surface area contributed by atoms with E-state index in [2.05, 4.69) is 22.3 Å². The van der Waals surface area contributed by atoms with Crippen LogP contribution >= 0.6 is 0 Å². The van der Waals surface area contributed by atoms with Crippen LogP contribution in [-0.2, 0) is 16.0 Å². The zero-order chi connectivity index (χ0) is 18.2. The summed E-state index contributed by atoms with van der Waals surface area (Å²) >= 11 is 0. The van der Waals surface area contributed by atoms with E-state index in [0.29, 0.717) is 0 Å². The lowest BCUT2D eigenvalue weighted by atomic mass is 9.95. The summed E-state index contributed by atoms with van der Waals surface area (Å²) in [5.74, 6) is -0.0584. The molecule has 1 aliphatic rings. The lowest BCUT2D eigenvalue weighted by Gasteiger charge is -2.26. The first-order chi connectivity index (χ1) is 12.8. The number of rotatable bonds is 7. The van der Waals surface area contributed by atoms with Crippen molar-refractivity contribution in [2.75, 3.05) is 38.2 Å². The maximum Gasteiger partial charge on any atom is 0.231 e.